The molecule has 0 saturated carbocycles. The maximum Gasteiger partial charge on any atom is 0.351 e. The smallest absolute Gasteiger partial charge is 0.351 e. The van der Waals surface area contributed by atoms with Gasteiger partial charge in [0.05, 0.1) is 32.1 Å². The molecular weight excluding hydrogens is 414 g/mol. The number of rotatable bonds is 7. The Morgan fingerprint density at radius 3 is 2.21 bits per heavy atom. The molecule has 0 aliphatic carbocycles. The number of ether oxygens (including phenoxy) is 1. The number of allylic oxidation sites excluding steroid dienone is 1. The summed E-state index contributed by atoms with van der Waals surface area (Å²) < 4.78 is 12.6. The Kier molecular flexibility index (Phi) is 5.69. The molecule has 1 N–H and O–H groups in total. The van der Waals surface area contributed by atoms with Crippen molar-refractivity contribution in [2.45, 2.75) is 36.9 Å². The van der Waals surface area contributed by atoms with Crippen molar-refractivity contribution in [2.75, 3.05) is 19.6 Å². The average molecular weight is 445 g/mol. The molecule has 33 heavy (non-hydrogen) atoms. The standard InChI is InChI=1S/C28H30NO4/c30-26(28(31,25-14-8-22-32-25)24-12-5-2-6-13-24)33-27-15-19-29(20-16-27,21-17-27)18-7-11-23-9-3-1-4-10-23/h1-10,12-14,18,22,31H,11,15-17,19-21H2/q+1/b18-7+. The lowest BCUT2D eigenvalue weighted by Gasteiger charge is -2.52. The normalized spacial score (nSPS) is 26.2. The summed E-state index contributed by atoms with van der Waals surface area (Å²) in [6, 6.07) is 22.6. The molecule has 4 heterocycles. The molecule has 3 aliphatic rings. The number of carbonyl (C=O) groups is 1. The monoisotopic (exact) mass is 444 g/mol. The van der Waals surface area contributed by atoms with E-state index >= 15 is 0 Å². The van der Waals surface area contributed by atoms with Gasteiger partial charge in [-0.05, 0) is 30.2 Å². The second-order valence-corrected chi connectivity index (χ2v) is 9.34. The van der Waals surface area contributed by atoms with Crippen molar-refractivity contribution in [1.82, 2.24) is 0 Å². The van der Waals surface area contributed by atoms with Gasteiger partial charge in [0.2, 0.25) is 5.60 Å². The van der Waals surface area contributed by atoms with Gasteiger partial charge in [0.15, 0.2) is 5.76 Å². The lowest BCUT2D eigenvalue weighted by atomic mass is 9.80. The number of benzene rings is 2. The fourth-order valence-corrected chi connectivity index (χ4v) is 5.19. The van der Waals surface area contributed by atoms with Gasteiger partial charge in [-0.1, -0.05) is 60.7 Å². The zero-order valence-corrected chi connectivity index (χ0v) is 18.7. The van der Waals surface area contributed by atoms with Crippen LogP contribution in [0.25, 0.3) is 0 Å². The molecule has 5 nitrogen and oxygen atoms in total. The van der Waals surface area contributed by atoms with Gasteiger partial charge in [-0.15, -0.1) is 0 Å². The van der Waals surface area contributed by atoms with Gasteiger partial charge in [0.25, 0.3) is 0 Å². The number of piperidine rings is 3. The SMILES string of the molecule is O=C(OC12CC[N+](/C=C/Cc3ccccc3)(CC1)CC2)C(O)(c1ccccc1)c1ccco1. The first-order chi connectivity index (χ1) is 16.0. The number of quaternary nitrogens is 1. The predicted octanol–water partition coefficient (Wildman–Crippen LogP) is 4.57. The first-order valence-electron chi connectivity index (χ1n) is 11.7. The first kappa shape index (κ1) is 21.7. The molecule has 3 aliphatic heterocycles. The quantitative estimate of drug-likeness (QED) is 0.428. The fourth-order valence-electron chi connectivity index (χ4n) is 5.19. The predicted molar refractivity (Wildman–Crippen MR) is 125 cm³/mol. The molecule has 3 fully saturated rings. The number of fused-ring (bicyclic) bond motifs is 3. The van der Waals surface area contributed by atoms with Crippen molar-refractivity contribution in [2.24, 2.45) is 0 Å². The van der Waals surface area contributed by atoms with Crippen LogP contribution in [-0.2, 0) is 21.6 Å². The molecule has 0 spiro atoms. The number of nitrogens with zero attached hydrogens (tertiary/aromatic N) is 1. The molecule has 1 aromatic heterocycles. The van der Waals surface area contributed by atoms with Crippen molar-refractivity contribution < 1.29 is 23.5 Å². The highest BCUT2D eigenvalue weighted by molar-refractivity contribution is 5.85. The zero-order valence-electron chi connectivity index (χ0n) is 18.7. The van der Waals surface area contributed by atoms with E-state index < -0.39 is 17.2 Å². The van der Waals surface area contributed by atoms with E-state index in [-0.39, 0.29) is 5.76 Å². The molecule has 2 bridgehead atoms. The Hall–Kier alpha value is -3.15. The minimum atomic E-state index is -1.96. The van der Waals surface area contributed by atoms with E-state index in [1.165, 1.54) is 11.8 Å². The molecule has 1 atom stereocenters. The van der Waals surface area contributed by atoms with E-state index in [9.17, 15) is 9.90 Å². The van der Waals surface area contributed by atoms with Gasteiger partial charge >= 0.3 is 5.97 Å². The number of carbonyl (C=O) groups excluding carboxylic acids is 1. The summed E-state index contributed by atoms with van der Waals surface area (Å²) in [6.07, 6.45) is 9.36. The Balaban J connectivity index is 1.29. The van der Waals surface area contributed by atoms with Crippen LogP contribution in [0.2, 0.25) is 0 Å². The molecule has 3 aromatic rings. The lowest BCUT2D eigenvalue weighted by Crippen LogP contribution is -2.63. The molecule has 6 rings (SSSR count). The topological polar surface area (TPSA) is 59.7 Å². The van der Waals surface area contributed by atoms with Crippen molar-refractivity contribution in [3.8, 4) is 0 Å². The van der Waals surface area contributed by atoms with Crippen LogP contribution in [0.3, 0.4) is 0 Å². The molecule has 0 amide bonds. The number of aliphatic hydroxyl groups is 1. The van der Waals surface area contributed by atoms with Crippen LogP contribution in [0.15, 0.2) is 95.8 Å². The van der Waals surface area contributed by atoms with Gasteiger partial charge in [-0.3, -0.25) is 4.48 Å². The Bertz CT molecular complexity index is 1080. The Morgan fingerprint density at radius 2 is 1.61 bits per heavy atom. The summed E-state index contributed by atoms with van der Waals surface area (Å²) in [5.41, 5.74) is -0.736. The van der Waals surface area contributed by atoms with E-state index in [0.29, 0.717) is 5.56 Å². The van der Waals surface area contributed by atoms with E-state index in [0.717, 1.165) is 49.8 Å². The number of furan rings is 1. The van der Waals surface area contributed by atoms with Crippen molar-refractivity contribution >= 4 is 5.97 Å². The summed E-state index contributed by atoms with van der Waals surface area (Å²) in [5.74, 6) is -0.485. The summed E-state index contributed by atoms with van der Waals surface area (Å²) in [5, 5.41) is 11.6. The van der Waals surface area contributed by atoms with Gasteiger partial charge in [0, 0.05) is 24.8 Å². The number of hydrogen-bond acceptors (Lipinski definition) is 4. The molecule has 5 heteroatoms. The molecule has 170 valence electrons. The van der Waals surface area contributed by atoms with Crippen molar-refractivity contribution in [1.29, 1.82) is 0 Å². The Morgan fingerprint density at radius 1 is 0.970 bits per heavy atom. The Labute approximate surface area is 194 Å². The molecule has 3 saturated heterocycles. The van der Waals surface area contributed by atoms with Crippen LogP contribution >= 0.6 is 0 Å². The maximum absolute atomic E-state index is 13.5. The van der Waals surface area contributed by atoms with Crippen molar-refractivity contribution in [3.05, 3.63) is 108 Å². The van der Waals surface area contributed by atoms with Crippen LogP contribution in [-0.4, -0.2) is 40.8 Å². The summed E-state index contributed by atoms with van der Waals surface area (Å²) in [4.78, 5) is 13.5. The second kappa shape index (κ2) is 8.65. The lowest BCUT2D eigenvalue weighted by molar-refractivity contribution is -0.898. The summed E-state index contributed by atoms with van der Waals surface area (Å²) in [6.45, 7) is 2.80. The van der Waals surface area contributed by atoms with Crippen LogP contribution in [0.4, 0.5) is 0 Å². The highest BCUT2D eigenvalue weighted by atomic mass is 16.6. The second-order valence-electron chi connectivity index (χ2n) is 9.34. The third kappa shape index (κ3) is 4.14. The first-order valence-corrected chi connectivity index (χ1v) is 11.7. The van der Waals surface area contributed by atoms with E-state index in [4.69, 9.17) is 9.15 Å². The fraction of sp³-hybridized carbons (Fsp3) is 0.321. The minimum Gasteiger partial charge on any atom is -0.465 e. The van der Waals surface area contributed by atoms with Gasteiger partial charge in [0.1, 0.15) is 5.60 Å². The van der Waals surface area contributed by atoms with Crippen molar-refractivity contribution in [3.63, 3.8) is 0 Å². The molecule has 1 unspecified atom stereocenters. The van der Waals surface area contributed by atoms with E-state index in [2.05, 4.69) is 36.5 Å². The van der Waals surface area contributed by atoms with Crippen LogP contribution in [0.5, 0.6) is 0 Å². The largest absolute Gasteiger partial charge is 0.465 e. The number of hydrogen-bond donors (Lipinski definition) is 1. The highest BCUT2D eigenvalue weighted by Crippen LogP contribution is 2.42. The molecule has 2 aromatic carbocycles. The maximum atomic E-state index is 13.5. The third-order valence-electron chi connectivity index (χ3n) is 7.33. The van der Waals surface area contributed by atoms with Crippen LogP contribution in [0, 0.1) is 0 Å². The average Bonchev–Trinajstić information content (AvgIpc) is 3.41. The van der Waals surface area contributed by atoms with E-state index in [1.54, 1.807) is 36.4 Å². The summed E-state index contributed by atoms with van der Waals surface area (Å²) in [7, 11) is 0. The van der Waals surface area contributed by atoms with Crippen LogP contribution in [0.1, 0.15) is 36.1 Å². The van der Waals surface area contributed by atoms with E-state index in [1.807, 2.05) is 12.1 Å². The zero-order chi connectivity index (χ0) is 22.8. The molecule has 0 radical (unpaired) electrons. The molecular formula is C28H30NO4+. The number of esters is 1. The van der Waals surface area contributed by atoms with Gasteiger partial charge in [-0.25, -0.2) is 4.79 Å². The summed E-state index contributed by atoms with van der Waals surface area (Å²) >= 11 is 0. The minimum absolute atomic E-state index is 0.177. The third-order valence-corrected chi connectivity index (χ3v) is 7.33. The van der Waals surface area contributed by atoms with Gasteiger partial charge in [-0.2, -0.15) is 0 Å². The van der Waals surface area contributed by atoms with Gasteiger partial charge < -0.3 is 14.3 Å². The van der Waals surface area contributed by atoms with Crippen LogP contribution < -0.4 is 0 Å². The highest BCUT2D eigenvalue weighted by Gasteiger charge is 2.54.